The van der Waals surface area contributed by atoms with Crippen LogP contribution < -0.4 is 0 Å². The van der Waals surface area contributed by atoms with Gasteiger partial charge in [0.25, 0.3) is 0 Å². The van der Waals surface area contributed by atoms with Gasteiger partial charge in [-0.1, -0.05) is 5.16 Å². The summed E-state index contributed by atoms with van der Waals surface area (Å²) in [5.74, 6) is 1.31. The minimum Gasteiger partial charge on any atom is -0.339 e. The second kappa shape index (κ2) is 2.73. The van der Waals surface area contributed by atoms with E-state index in [9.17, 15) is 13.2 Å². The third kappa shape index (κ3) is 1.46. The summed E-state index contributed by atoms with van der Waals surface area (Å²) in [6.07, 6.45) is -4.29. The molecule has 0 aliphatic carbocycles. The lowest BCUT2D eigenvalue weighted by Crippen LogP contribution is -2.36. The van der Waals surface area contributed by atoms with E-state index in [1.54, 1.807) is 0 Å². The van der Waals surface area contributed by atoms with Crippen LogP contribution >= 0.6 is 8.43 Å². The highest BCUT2D eigenvalue weighted by molar-refractivity contribution is 7.22. The lowest BCUT2D eigenvalue weighted by molar-refractivity contribution is -0.181. The highest BCUT2D eigenvalue weighted by atomic mass is 31.1. The van der Waals surface area contributed by atoms with Crippen molar-refractivity contribution in [1.29, 1.82) is 0 Å². The predicted molar refractivity (Wildman–Crippen MR) is 38.1 cm³/mol. The van der Waals surface area contributed by atoms with Gasteiger partial charge >= 0.3 is 6.18 Å². The summed E-state index contributed by atoms with van der Waals surface area (Å²) < 4.78 is 41.4. The molecule has 1 aromatic rings. The van der Waals surface area contributed by atoms with Crippen LogP contribution in [0.3, 0.4) is 0 Å². The molecule has 68 valence electrons. The minimum atomic E-state index is -4.29. The molecule has 0 aromatic carbocycles. The molecular weight excluding hydrogens is 190 g/mol. The minimum absolute atomic E-state index is 0.0586. The summed E-state index contributed by atoms with van der Waals surface area (Å²) in [5, 5.41) is 3.30. The van der Waals surface area contributed by atoms with Crippen molar-refractivity contribution in [3.05, 3.63) is 11.5 Å². The van der Waals surface area contributed by atoms with Gasteiger partial charge in [0.05, 0.1) is 0 Å². The lowest BCUT2D eigenvalue weighted by atomic mass is 9.90. The van der Waals surface area contributed by atoms with Gasteiger partial charge in [0.15, 0.2) is 8.43 Å². The van der Waals surface area contributed by atoms with Crippen molar-refractivity contribution >= 4 is 8.43 Å². The molecule has 1 heterocycles. The Bertz CT molecular complexity index is 254. The van der Waals surface area contributed by atoms with Crippen LogP contribution in [0.25, 0.3) is 0 Å². The van der Waals surface area contributed by atoms with Crippen LogP contribution in [0.15, 0.2) is 10.1 Å². The Balaban J connectivity index is 3.02. The van der Waals surface area contributed by atoms with Gasteiger partial charge in [0.2, 0.25) is 0 Å². The SMILES string of the molecule is CC(C)(c1cpon1)C(F)(F)F. The average Bonchev–Trinajstić information content (AvgIpc) is 2.34. The number of alkyl halides is 3. The molecule has 0 atom stereocenters. The third-order valence-electron chi connectivity index (χ3n) is 1.71. The number of rotatable bonds is 1. The second-order valence-electron chi connectivity index (χ2n) is 2.92. The highest BCUT2D eigenvalue weighted by Gasteiger charge is 2.50. The first kappa shape index (κ1) is 9.52. The molecule has 0 aliphatic rings. The van der Waals surface area contributed by atoms with Gasteiger partial charge in [-0.2, -0.15) is 13.2 Å². The fourth-order valence-electron chi connectivity index (χ4n) is 0.585. The Morgan fingerprint density at radius 1 is 1.42 bits per heavy atom. The molecule has 0 bridgehead atoms. The maximum atomic E-state index is 12.3. The summed E-state index contributed by atoms with van der Waals surface area (Å²) >= 11 is 0. The number of hydrogen-bond acceptors (Lipinski definition) is 2. The van der Waals surface area contributed by atoms with Gasteiger partial charge in [0, 0.05) is 5.80 Å². The van der Waals surface area contributed by atoms with Gasteiger partial charge in [-0.05, 0) is 13.8 Å². The highest BCUT2D eigenvalue weighted by Crippen LogP contribution is 2.40. The van der Waals surface area contributed by atoms with Gasteiger partial charge in [-0.15, -0.1) is 0 Å². The molecular formula is C6H7F3NOP. The molecule has 0 unspecified atom stereocenters. The van der Waals surface area contributed by atoms with Gasteiger partial charge in [-0.25, -0.2) is 0 Å². The first-order valence-corrected chi connectivity index (χ1v) is 4.08. The van der Waals surface area contributed by atoms with E-state index in [4.69, 9.17) is 0 Å². The van der Waals surface area contributed by atoms with Crippen LogP contribution in [0.1, 0.15) is 19.5 Å². The molecule has 6 heteroatoms. The number of hydrogen-bond donors (Lipinski definition) is 0. The second-order valence-corrected chi connectivity index (χ2v) is 3.55. The summed E-state index contributed by atoms with van der Waals surface area (Å²) in [6.45, 7) is 2.15. The molecule has 0 amide bonds. The molecule has 1 rings (SSSR count). The quantitative estimate of drug-likeness (QED) is 0.691. The van der Waals surface area contributed by atoms with E-state index in [0.29, 0.717) is 8.43 Å². The first-order chi connectivity index (χ1) is 5.36. The molecule has 12 heavy (non-hydrogen) atoms. The number of halogens is 3. The Kier molecular flexibility index (Phi) is 2.17. The Labute approximate surface area is 68.9 Å². The van der Waals surface area contributed by atoms with Crippen LogP contribution in [-0.2, 0) is 5.41 Å². The summed E-state index contributed by atoms with van der Waals surface area (Å²) in [6, 6.07) is 0. The molecule has 0 N–H and O–H groups in total. The van der Waals surface area contributed by atoms with E-state index in [-0.39, 0.29) is 5.69 Å². The lowest BCUT2D eigenvalue weighted by Gasteiger charge is -2.24. The van der Waals surface area contributed by atoms with Crippen molar-refractivity contribution in [2.24, 2.45) is 0 Å². The van der Waals surface area contributed by atoms with E-state index in [1.165, 1.54) is 5.80 Å². The number of aromatic nitrogens is 1. The molecule has 0 radical (unpaired) electrons. The zero-order valence-electron chi connectivity index (χ0n) is 6.51. The van der Waals surface area contributed by atoms with Gasteiger partial charge in [0.1, 0.15) is 11.1 Å². The zero-order valence-corrected chi connectivity index (χ0v) is 7.41. The Hall–Kier alpha value is -0.570. The van der Waals surface area contributed by atoms with Crippen LogP contribution in [0.5, 0.6) is 0 Å². The summed E-state index contributed by atoms with van der Waals surface area (Å²) in [5.41, 5.74) is -1.98. The molecule has 2 nitrogen and oxygen atoms in total. The fourth-order valence-corrected chi connectivity index (χ4v) is 1.24. The predicted octanol–water partition coefficient (Wildman–Crippen LogP) is 3.09. The average molecular weight is 197 g/mol. The molecule has 0 spiro atoms. The summed E-state index contributed by atoms with van der Waals surface area (Å²) in [7, 11) is 0.355. The number of nitrogens with zero attached hydrogens (tertiary/aromatic N) is 1. The normalized spacial score (nSPS) is 14.1. The topological polar surface area (TPSA) is 26.0 Å². The maximum Gasteiger partial charge on any atom is 0.399 e. The van der Waals surface area contributed by atoms with E-state index < -0.39 is 11.6 Å². The van der Waals surface area contributed by atoms with Crippen molar-refractivity contribution in [1.82, 2.24) is 5.16 Å². The zero-order chi connectivity index (χ0) is 9.41. The molecule has 0 fully saturated rings. The first-order valence-electron chi connectivity index (χ1n) is 3.20. The van der Waals surface area contributed by atoms with Gasteiger partial charge in [-0.3, -0.25) is 0 Å². The molecule has 1 aromatic heterocycles. The molecule has 0 saturated carbocycles. The smallest absolute Gasteiger partial charge is 0.339 e. The van der Waals surface area contributed by atoms with Crippen molar-refractivity contribution < 1.29 is 17.5 Å². The Morgan fingerprint density at radius 2 is 2.00 bits per heavy atom. The van der Waals surface area contributed by atoms with Crippen molar-refractivity contribution in [2.75, 3.05) is 0 Å². The van der Waals surface area contributed by atoms with Crippen molar-refractivity contribution in [2.45, 2.75) is 25.4 Å². The van der Waals surface area contributed by atoms with E-state index >= 15 is 0 Å². The Morgan fingerprint density at radius 3 is 2.33 bits per heavy atom. The molecule has 0 aliphatic heterocycles. The van der Waals surface area contributed by atoms with E-state index in [1.807, 2.05) is 0 Å². The van der Waals surface area contributed by atoms with Gasteiger partial charge < -0.3 is 4.30 Å². The molecule has 0 saturated heterocycles. The van der Waals surface area contributed by atoms with Crippen LogP contribution in [0, 0.1) is 0 Å². The third-order valence-corrected chi connectivity index (χ3v) is 2.24. The fraction of sp³-hybridized carbons (Fsp3) is 0.667. The van der Waals surface area contributed by atoms with E-state index in [2.05, 4.69) is 9.46 Å². The standard InChI is InChI=1S/C6H7F3NOP/c1-5(2,6(7,8)9)4-3-12-11-10-4/h3H,1-2H3. The van der Waals surface area contributed by atoms with Crippen LogP contribution in [0.4, 0.5) is 13.2 Å². The largest absolute Gasteiger partial charge is 0.399 e. The van der Waals surface area contributed by atoms with Crippen molar-refractivity contribution in [3.8, 4) is 0 Å². The van der Waals surface area contributed by atoms with Crippen LogP contribution in [0.2, 0.25) is 0 Å². The van der Waals surface area contributed by atoms with E-state index in [0.717, 1.165) is 13.8 Å². The maximum absolute atomic E-state index is 12.3. The summed E-state index contributed by atoms with van der Waals surface area (Å²) in [4.78, 5) is 0. The van der Waals surface area contributed by atoms with Crippen LogP contribution in [-0.4, -0.2) is 11.3 Å². The monoisotopic (exact) mass is 197 g/mol. The van der Waals surface area contributed by atoms with Crippen molar-refractivity contribution in [3.63, 3.8) is 0 Å².